The van der Waals surface area contributed by atoms with Crippen LogP contribution in [0.4, 0.5) is 11.4 Å². The average molecular weight is 426 g/mol. The van der Waals surface area contributed by atoms with Gasteiger partial charge in [-0.25, -0.2) is 20.3 Å². The smallest absolute Gasteiger partial charge is 0.340 e. The number of methoxy groups -OCH3 is 4. The van der Waals surface area contributed by atoms with Crippen LogP contribution in [0.3, 0.4) is 0 Å². The van der Waals surface area contributed by atoms with Crippen LogP contribution in [0, 0.1) is 0 Å². The Morgan fingerprint density at radius 1 is 0.900 bits per heavy atom. The molecular formula is C18H22N2O10. The van der Waals surface area contributed by atoms with Crippen LogP contribution in [0.2, 0.25) is 0 Å². The fourth-order valence-electron chi connectivity index (χ4n) is 2.22. The number of nitrogen functional groups attached to an aromatic ring is 1. The molecule has 0 aliphatic heterocycles. The van der Waals surface area contributed by atoms with E-state index >= 15 is 0 Å². The van der Waals surface area contributed by atoms with Gasteiger partial charge >= 0.3 is 11.9 Å². The average Bonchev–Trinajstić information content (AvgIpc) is 2.74. The van der Waals surface area contributed by atoms with E-state index in [1.807, 2.05) is 0 Å². The monoisotopic (exact) mass is 426 g/mol. The number of carbonyl (C=O) groups is 2. The van der Waals surface area contributed by atoms with Crippen LogP contribution < -0.4 is 25.4 Å². The number of nitrogens with two attached hydrogens (primary N) is 1. The normalized spacial score (nSPS) is 9.63. The van der Waals surface area contributed by atoms with E-state index < -0.39 is 11.9 Å². The maximum absolute atomic E-state index is 11.5. The molecule has 6 N–H and O–H groups in total. The summed E-state index contributed by atoms with van der Waals surface area (Å²) in [5, 5.41) is 26.2. The van der Waals surface area contributed by atoms with Gasteiger partial charge in [0.25, 0.3) is 0 Å². The molecule has 0 fully saturated rings. The number of hydrogen-bond donors (Lipinski definition) is 5. The predicted molar refractivity (Wildman–Crippen MR) is 104 cm³/mol. The lowest BCUT2D eigenvalue weighted by molar-refractivity contribution is -0.215. The summed E-state index contributed by atoms with van der Waals surface area (Å²) in [4.78, 5) is 25.8. The summed E-state index contributed by atoms with van der Waals surface area (Å²) >= 11 is 0. The van der Waals surface area contributed by atoms with Crippen LogP contribution in [0.15, 0.2) is 24.3 Å². The molecule has 0 aromatic heterocycles. The zero-order chi connectivity index (χ0) is 22.8. The quantitative estimate of drug-likeness (QED) is 0.143. The van der Waals surface area contributed by atoms with Gasteiger partial charge in [0.1, 0.15) is 0 Å². The van der Waals surface area contributed by atoms with Gasteiger partial charge in [0.2, 0.25) is 0 Å². The van der Waals surface area contributed by atoms with Crippen molar-refractivity contribution in [2.75, 3.05) is 39.7 Å². The lowest BCUT2D eigenvalue weighted by Gasteiger charge is -2.13. The number of carbonyl (C=O) groups excluding carboxylic acids is 1. The highest BCUT2D eigenvalue weighted by atomic mass is 17.2. The maximum Gasteiger partial charge on any atom is 0.340 e. The van der Waals surface area contributed by atoms with E-state index in [0.29, 0.717) is 11.5 Å². The Morgan fingerprint density at radius 2 is 1.47 bits per heavy atom. The molecule has 0 bridgehead atoms. The standard InChI is InChI=1S/C10H13NO6.C8H9NO4/c1-14-8-4-6(10(12)16-3)7(11-17-13)5-9(8)15-2;1-13-7-3-5(9)4(8(11)12)2-6(7)10/h4-5,11,13H,1-3H3;2-3,10H,9H2,1H3,(H,11,12). The number of esters is 1. The number of nitrogens with one attached hydrogen (secondary N) is 1. The number of ether oxygens (including phenoxy) is 4. The number of phenolic OH excluding ortho intramolecular Hbond substituents is 1. The maximum atomic E-state index is 11.5. The summed E-state index contributed by atoms with van der Waals surface area (Å²) in [6, 6.07) is 5.16. The second-order valence-electron chi connectivity index (χ2n) is 5.35. The molecule has 12 nitrogen and oxygen atoms in total. The molecule has 164 valence electrons. The van der Waals surface area contributed by atoms with Gasteiger partial charge in [-0.15, -0.1) is 4.99 Å². The Balaban J connectivity index is 0.000000311. The second kappa shape index (κ2) is 11.2. The topological polar surface area (TPSA) is 179 Å². The van der Waals surface area contributed by atoms with E-state index in [-0.39, 0.29) is 34.0 Å². The second-order valence-corrected chi connectivity index (χ2v) is 5.35. The van der Waals surface area contributed by atoms with Gasteiger partial charge in [-0.2, -0.15) is 0 Å². The van der Waals surface area contributed by atoms with Crippen molar-refractivity contribution in [1.82, 2.24) is 0 Å². The van der Waals surface area contributed by atoms with Crippen LogP contribution in [0.5, 0.6) is 23.0 Å². The summed E-state index contributed by atoms with van der Waals surface area (Å²) in [6.45, 7) is 0. The van der Waals surface area contributed by atoms with E-state index in [0.717, 1.165) is 6.07 Å². The first kappa shape index (κ1) is 24.1. The Labute approximate surface area is 171 Å². The van der Waals surface area contributed by atoms with Crippen molar-refractivity contribution < 1.29 is 49.0 Å². The summed E-state index contributed by atoms with van der Waals surface area (Å²) in [5.41, 5.74) is 7.78. The molecule has 12 heteroatoms. The lowest BCUT2D eigenvalue weighted by atomic mass is 10.1. The summed E-state index contributed by atoms with van der Waals surface area (Å²) in [5.74, 6) is -1.14. The first-order valence-electron chi connectivity index (χ1n) is 8.04. The van der Waals surface area contributed by atoms with Crippen molar-refractivity contribution in [2.24, 2.45) is 0 Å². The van der Waals surface area contributed by atoms with Crippen molar-refractivity contribution >= 4 is 23.3 Å². The fraction of sp³-hybridized carbons (Fsp3) is 0.222. The SMILES string of the molecule is COC(=O)c1cc(OC)c(OC)cc1NOO.COc1cc(N)c(C(=O)O)cc1O. The highest BCUT2D eigenvalue weighted by molar-refractivity contribution is 5.96. The molecule has 0 amide bonds. The van der Waals surface area contributed by atoms with Crippen molar-refractivity contribution in [3.63, 3.8) is 0 Å². The van der Waals surface area contributed by atoms with Crippen LogP contribution in [0.1, 0.15) is 20.7 Å². The number of anilines is 2. The minimum absolute atomic E-state index is 0.0575. The Bertz CT molecular complexity index is 901. The molecule has 0 spiro atoms. The van der Waals surface area contributed by atoms with E-state index in [9.17, 15) is 14.7 Å². The molecule has 0 heterocycles. The first-order valence-corrected chi connectivity index (χ1v) is 8.04. The molecule has 30 heavy (non-hydrogen) atoms. The predicted octanol–water partition coefficient (Wildman–Crippen LogP) is 1.99. The van der Waals surface area contributed by atoms with Crippen LogP contribution in [-0.2, 0) is 9.73 Å². The van der Waals surface area contributed by atoms with Gasteiger partial charge in [-0.3, -0.25) is 0 Å². The number of hydrogen-bond acceptors (Lipinski definition) is 11. The van der Waals surface area contributed by atoms with Crippen LogP contribution in [-0.4, -0.2) is 55.8 Å². The molecule has 0 aliphatic carbocycles. The number of benzene rings is 2. The van der Waals surface area contributed by atoms with Crippen molar-refractivity contribution in [2.45, 2.75) is 0 Å². The molecular weight excluding hydrogens is 404 g/mol. The summed E-state index contributed by atoms with van der Waals surface area (Å²) in [6.07, 6.45) is 0. The highest BCUT2D eigenvalue weighted by Crippen LogP contribution is 2.33. The Hall–Kier alpha value is -3.90. The first-order chi connectivity index (χ1) is 14.2. The van der Waals surface area contributed by atoms with Gasteiger partial charge in [-0.1, -0.05) is 0 Å². The zero-order valence-electron chi connectivity index (χ0n) is 16.6. The molecule has 0 atom stereocenters. The van der Waals surface area contributed by atoms with Gasteiger partial charge in [0.05, 0.1) is 50.9 Å². The number of aromatic hydroxyl groups is 1. The third-order valence-electron chi connectivity index (χ3n) is 3.67. The van der Waals surface area contributed by atoms with E-state index in [1.165, 1.54) is 46.6 Å². The minimum atomic E-state index is -1.18. The van der Waals surface area contributed by atoms with Crippen molar-refractivity contribution in [1.29, 1.82) is 0 Å². The summed E-state index contributed by atoms with van der Waals surface area (Å²) in [7, 11) is 5.48. The highest BCUT2D eigenvalue weighted by Gasteiger charge is 2.17. The van der Waals surface area contributed by atoms with E-state index in [1.54, 1.807) is 0 Å². The third kappa shape index (κ3) is 5.80. The Kier molecular flexibility index (Phi) is 9.00. The van der Waals surface area contributed by atoms with Gasteiger partial charge in [0, 0.05) is 24.3 Å². The number of carboxylic acid groups (broad SMARTS) is 1. The number of rotatable bonds is 7. The fourth-order valence-corrected chi connectivity index (χ4v) is 2.22. The molecule has 2 aromatic rings. The minimum Gasteiger partial charge on any atom is -0.504 e. The lowest BCUT2D eigenvalue weighted by Crippen LogP contribution is -2.08. The van der Waals surface area contributed by atoms with Crippen molar-refractivity contribution in [3.05, 3.63) is 35.4 Å². The number of phenols is 1. The molecule has 2 rings (SSSR count). The molecule has 0 saturated carbocycles. The Morgan fingerprint density at radius 3 is 1.93 bits per heavy atom. The largest absolute Gasteiger partial charge is 0.504 e. The molecule has 2 aromatic carbocycles. The van der Waals surface area contributed by atoms with Crippen LogP contribution >= 0.6 is 0 Å². The van der Waals surface area contributed by atoms with E-state index in [4.69, 9.17) is 30.3 Å². The van der Waals surface area contributed by atoms with E-state index in [2.05, 4.69) is 15.2 Å². The van der Waals surface area contributed by atoms with Gasteiger partial charge < -0.3 is 34.9 Å². The van der Waals surface area contributed by atoms with Gasteiger partial charge in [0.15, 0.2) is 23.0 Å². The molecule has 0 unspecified atom stereocenters. The van der Waals surface area contributed by atoms with Gasteiger partial charge in [-0.05, 0) is 0 Å². The number of aromatic carboxylic acids is 1. The number of carboxylic acids is 1. The molecule has 0 aliphatic rings. The van der Waals surface area contributed by atoms with Crippen molar-refractivity contribution in [3.8, 4) is 23.0 Å². The zero-order valence-corrected chi connectivity index (χ0v) is 16.6. The molecule has 0 radical (unpaired) electrons. The molecule has 0 saturated heterocycles. The summed E-state index contributed by atoms with van der Waals surface area (Å²) < 4.78 is 19.4. The van der Waals surface area contributed by atoms with Crippen LogP contribution in [0.25, 0.3) is 0 Å². The third-order valence-corrected chi connectivity index (χ3v) is 3.67.